The van der Waals surface area contributed by atoms with Crippen molar-refractivity contribution in [1.82, 2.24) is 19.4 Å². The molecule has 0 saturated carbocycles. The first kappa shape index (κ1) is 20.6. The number of piperidine rings is 1. The van der Waals surface area contributed by atoms with Gasteiger partial charge in [-0.15, -0.1) is 0 Å². The second-order valence-corrected chi connectivity index (χ2v) is 8.47. The van der Waals surface area contributed by atoms with Crippen LogP contribution in [0.4, 0.5) is 0 Å². The van der Waals surface area contributed by atoms with Crippen LogP contribution in [-0.2, 0) is 12.1 Å². The highest BCUT2D eigenvalue weighted by Gasteiger charge is 2.45. The van der Waals surface area contributed by atoms with E-state index in [1.807, 2.05) is 23.4 Å². The van der Waals surface area contributed by atoms with Crippen molar-refractivity contribution in [3.63, 3.8) is 0 Å². The summed E-state index contributed by atoms with van der Waals surface area (Å²) in [6.07, 6.45) is 5.55. The molecule has 2 aromatic carbocycles. The molecule has 0 radical (unpaired) electrons. The topological polar surface area (TPSA) is 59.8 Å². The second kappa shape index (κ2) is 7.98. The van der Waals surface area contributed by atoms with Crippen LogP contribution in [0.25, 0.3) is 5.69 Å². The molecule has 3 heterocycles. The summed E-state index contributed by atoms with van der Waals surface area (Å²) in [7, 11) is 5.32. The molecule has 0 unspecified atom stereocenters. The number of carbonyl (C=O) groups excluding carboxylic acids is 1. The van der Waals surface area contributed by atoms with Crippen LogP contribution < -0.4 is 9.47 Å². The number of benzene rings is 2. The zero-order valence-corrected chi connectivity index (χ0v) is 18.7. The molecular weight excluding hydrogens is 404 g/mol. The molecule has 1 amide bonds. The Morgan fingerprint density at radius 2 is 1.81 bits per heavy atom. The maximum atomic E-state index is 13.4. The number of methoxy groups -OCH3 is 2. The van der Waals surface area contributed by atoms with Crippen molar-refractivity contribution in [2.24, 2.45) is 0 Å². The molecule has 1 fully saturated rings. The fraction of sp³-hybridized carbons (Fsp3) is 0.360. The molecule has 0 bridgehead atoms. The minimum atomic E-state index is -0.224. The quantitative estimate of drug-likeness (QED) is 0.634. The number of rotatable bonds is 3. The Morgan fingerprint density at radius 1 is 1.03 bits per heavy atom. The minimum absolute atomic E-state index is 0.0292. The van der Waals surface area contributed by atoms with Crippen molar-refractivity contribution in [1.29, 1.82) is 0 Å². The Hall–Kier alpha value is -3.32. The Bertz CT molecular complexity index is 1150. The van der Waals surface area contributed by atoms with Crippen molar-refractivity contribution < 1.29 is 14.3 Å². The lowest BCUT2D eigenvalue weighted by Crippen LogP contribution is -2.53. The van der Waals surface area contributed by atoms with Gasteiger partial charge in [0.15, 0.2) is 11.5 Å². The van der Waals surface area contributed by atoms with Gasteiger partial charge in [-0.05, 0) is 43.7 Å². The van der Waals surface area contributed by atoms with E-state index in [1.165, 1.54) is 11.3 Å². The molecular formula is C25H28N4O3. The lowest BCUT2D eigenvalue weighted by Gasteiger charge is -2.46. The minimum Gasteiger partial charge on any atom is -0.493 e. The highest BCUT2D eigenvalue weighted by Crippen LogP contribution is 2.42. The normalized spacial score (nSPS) is 17.4. The number of aromatic nitrogens is 2. The van der Waals surface area contributed by atoms with Gasteiger partial charge in [-0.2, -0.15) is 0 Å². The van der Waals surface area contributed by atoms with Crippen molar-refractivity contribution in [2.45, 2.75) is 24.9 Å². The molecule has 1 aromatic heterocycles. The molecule has 2 aliphatic heterocycles. The number of imidazole rings is 1. The van der Waals surface area contributed by atoms with Crippen LogP contribution in [0.15, 0.2) is 54.9 Å². The summed E-state index contributed by atoms with van der Waals surface area (Å²) in [4.78, 5) is 22.5. The van der Waals surface area contributed by atoms with Gasteiger partial charge in [-0.3, -0.25) is 9.69 Å². The zero-order chi connectivity index (χ0) is 22.3. The third-order valence-electron chi connectivity index (χ3n) is 6.96. The number of amides is 1. The lowest BCUT2D eigenvalue weighted by molar-refractivity contribution is 0.0229. The van der Waals surface area contributed by atoms with E-state index in [1.54, 1.807) is 26.4 Å². The maximum absolute atomic E-state index is 13.4. The first-order valence-corrected chi connectivity index (χ1v) is 10.9. The Kier molecular flexibility index (Phi) is 5.13. The number of hydrogen-bond acceptors (Lipinski definition) is 5. The van der Waals surface area contributed by atoms with Gasteiger partial charge in [0.1, 0.15) is 5.82 Å². The number of carbonyl (C=O) groups is 1. The van der Waals surface area contributed by atoms with Crippen LogP contribution in [-0.4, -0.2) is 59.6 Å². The Labute approximate surface area is 188 Å². The fourth-order valence-corrected chi connectivity index (χ4v) is 5.21. The van der Waals surface area contributed by atoms with Gasteiger partial charge in [0.25, 0.3) is 5.91 Å². The summed E-state index contributed by atoms with van der Waals surface area (Å²) < 4.78 is 13.1. The summed E-state index contributed by atoms with van der Waals surface area (Å²) in [6.45, 7) is 2.14. The average molecular weight is 433 g/mol. The highest BCUT2D eigenvalue weighted by atomic mass is 16.5. The van der Waals surface area contributed by atoms with Crippen LogP contribution in [0.3, 0.4) is 0 Å². The van der Waals surface area contributed by atoms with E-state index in [4.69, 9.17) is 14.5 Å². The van der Waals surface area contributed by atoms with E-state index in [0.717, 1.165) is 25.2 Å². The number of para-hydroxylation sites is 2. The first-order valence-electron chi connectivity index (χ1n) is 10.9. The molecule has 0 N–H and O–H groups in total. The lowest BCUT2D eigenvalue weighted by atomic mass is 9.84. The predicted molar refractivity (Wildman–Crippen MR) is 121 cm³/mol. The van der Waals surface area contributed by atoms with Crippen molar-refractivity contribution in [3.05, 3.63) is 71.8 Å². The largest absolute Gasteiger partial charge is 0.493 e. The van der Waals surface area contributed by atoms with Gasteiger partial charge in [-0.1, -0.05) is 24.3 Å². The third-order valence-corrected chi connectivity index (χ3v) is 6.96. The predicted octanol–water partition coefficient (Wildman–Crippen LogP) is 3.47. The highest BCUT2D eigenvalue weighted by molar-refractivity contribution is 5.98. The number of nitrogens with zero attached hydrogens (tertiary/aromatic N) is 4. The van der Waals surface area contributed by atoms with Gasteiger partial charge >= 0.3 is 0 Å². The van der Waals surface area contributed by atoms with E-state index < -0.39 is 0 Å². The van der Waals surface area contributed by atoms with Gasteiger partial charge < -0.3 is 18.9 Å². The van der Waals surface area contributed by atoms with E-state index in [2.05, 4.69) is 40.8 Å². The maximum Gasteiger partial charge on any atom is 0.257 e. The Balaban J connectivity index is 1.44. The summed E-state index contributed by atoms with van der Waals surface area (Å²) in [5.41, 5.74) is 2.78. The molecule has 1 spiro atoms. The summed E-state index contributed by atoms with van der Waals surface area (Å²) >= 11 is 0. The summed E-state index contributed by atoms with van der Waals surface area (Å²) in [6, 6.07) is 13.9. The number of likely N-dealkylation sites (tertiary alicyclic amines) is 1. The van der Waals surface area contributed by atoms with Crippen LogP contribution >= 0.6 is 0 Å². The van der Waals surface area contributed by atoms with Crippen LogP contribution in [0.5, 0.6) is 11.5 Å². The molecule has 2 aliphatic rings. The van der Waals surface area contributed by atoms with Gasteiger partial charge in [0.05, 0.1) is 31.0 Å². The molecule has 0 atom stereocenters. The number of ether oxygens (including phenoxy) is 2. The molecule has 166 valence electrons. The molecule has 0 aliphatic carbocycles. The Morgan fingerprint density at radius 3 is 2.56 bits per heavy atom. The standard InChI is InChI=1S/C25H28N4O3/c1-27-17-18-7-4-5-9-20(18)29-16-13-26-24(29)25(27)11-14-28(15-12-25)23(30)19-8-6-10-21(31-2)22(19)32-3/h4-10,13,16H,11-12,14-15,17H2,1-3H3. The monoisotopic (exact) mass is 432 g/mol. The average Bonchev–Trinajstić information content (AvgIpc) is 3.30. The number of hydrogen-bond donors (Lipinski definition) is 0. The molecule has 1 saturated heterocycles. The fourth-order valence-electron chi connectivity index (χ4n) is 5.21. The van der Waals surface area contributed by atoms with Gasteiger partial charge in [0.2, 0.25) is 0 Å². The van der Waals surface area contributed by atoms with Crippen LogP contribution in [0.2, 0.25) is 0 Å². The van der Waals surface area contributed by atoms with E-state index in [9.17, 15) is 4.79 Å². The van der Waals surface area contributed by atoms with Crippen molar-refractivity contribution in [2.75, 3.05) is 34.4 Å². The van der Waals surface area contributed by atoms with Crippen molar-refractivity contribution >= 4 is 5.91 Å². The molecule has 5 rings (SSSR count). The van der Waals surface area contributed by atoms with E-state index in [0.29, 0.717) is 30.2 Å². The van der Waals surface area contributed by atoms with Crippen LogP contribution in [0.1, 0.15) is 34.6 Å². The number of fused-ring (bicyclic) bond motifs is 4. The molecule has 32 heavy (non-hydrogen) atoms. The zero-order valence-electron chi connectivity index (χ0n) is 18.7. The van der Waals surface area contributed by atoms with Crippen LogP contribution in [0, 0.1) is 0 Å². The second-order valence-electron chi connectivity index (χ2n) is 8.47. The van der Waals surface area contributed by atoms with Gasteiger partial charge in [-0.25, -0.2) is 4.98 Å². The smallest absolute Gasteiger partial charge is 0.257 e. The van der Waals surface area contributed by atoms with Crippen molar-refractivity contribution in [3.8, 4) is 17.2 Å². The third kappa shape index (κ3) is 3.07. The van der Waals surface area contributed by atoms with E-state index in [-0.39, 0.29) is 11.4 Å². The molecule has 3 aromatic rings. The molecule has 7 nitrogen and oxygen atoms in total. The van der Waals surface area contributed by atoms with E-state index >= 15 is 0 Å². The summed E-state index contributed by atoms with van der Waals surface area (Å²) in [5.74, 6) is 2.07. The molecule has 7 heteroatoms. The SMILES string of the molecule is COc1cccc(C(=O)N2CCC3(CC2)c2nccn2-c2ccccc2CN3C)c1OC. The summed E-state index contributed by atoms with van der Waals surface area (Å²) in [5, 5.41) is 0. The first-order chi connectivity index (χ1) is 15.6. The van der Waals surface area contributed by atoms with Gasteiger partial charge in [0, 0.05) is 32.0 Å².